The second-order valence-corrected chi connectivity index (χ2v) is 3.23. The standard InChI is InChI=1S/C12H13FO3/c1-16-12(15)11(14)4-2-3-9-5-7-10(13)8-6-9/h2-3,5-8,11,14H,4H2,1H3/b3-2+. The molecule has 1 aromatic carbocycles. The van der Waals surface area contributed by atoms with E-state index in [1.807, 2.05) is 0 Å². The van der Waals surface area contributed by atoms with Crippen LogP contribution in [-0.2, 0) is 9.53 Å². The molecule has 0 heterocycles. The predicted octanol–water partition coefficient (Wildman–Crippen LogP) is 1.76. The molecule has 0 aliphatic heterocycles. The van der Waals surface area contributed by atoms with Crippen LogP contribution in [0.15, 0.2) is 30.3 Å². The van der Waals surface area contributed by atoms with Gasteiger partial charge in [-0.3, -0.25) is 0 Å². The zero-order chi connectivity index (χ0) is 12.0. The van der Waals surface area contributed by atoms with Crippen LogP contribution in [0.3, 0.4) is 0 Å². The molecule has 1 unspecified atom stereocenters. The summed E-state index contributed by atoms with van der Waals surface area (Å²) in [7, 11) is 1.22. The normalized spacial score (nSPS) is 12.7. The highest BCUT2D eigenvalue weighted by molar-refractivity contribution is 5.74. The Bertz CT molecular complexity index is 370. The highest BCUT2D eigenvalue weighted by atomic mass is 19.1. The number of hydrogen-bond acceptors (Lipinski definition) is 3. The van der Waals surface area contributed by atoms with Gasteiger partial charge in [-0.05, 0) is 17.7 Å². The third-order valence-corrected chi connectivity index (χ3v) is 2.01. The maximum atomic E-state index is 12.6. The van der Waals surface area contributed by atoms with E-state index in [1.165, 1.54) is 19.2 Å². The molecule has 3 nitrogen and oxygen atoms in total. The molecule has 1 rings (SSSR count). The first-order chi connectivity index (χ1) is 7.63. The monoisotopic (exact) mass is 224 g/mol. The maximum absolute atomic E-state index is 12.6. The molecule has 0 bridgehead atoms. The molecule has 0 aliphatic rings. The van der Waals surface area contributed by atoms with Crippen molar-refractivity contribution >= 4 is 12.0 Å². The van der Waals surface area contributed by atoms with Crippen LogP contribution in [0, 0.1) is 5.82 Å². The molecule has 1 atom stereocenters. The van der Waals surface area contributed by atoms with Gasteiger partial charge >= 0.3 is 5.97 Å². The second-order valence-electron chi connectivity index (χ2n) is 3.23. The van der Waals surface area contributed by atoms with Gasteiger partial charge in [0, 0.05) is 6.42 Å². The van der Waals surface area contributed by atoms with Crippen LogP contribution in [0.2, 0.25) is 0 Å². The number of halogens is 1. The SMILES string of the molecule is COC(=O)C(O)C/C=C/c1ccc(F)cc1. The topological polar surface area (TPSA) is 46.5 Å². The summed E-state index contributed by atoms with van der Waals surface area (Å²) in [5.41, 5.74) is 0.804. The minimum absolute atomic E-state index is 0.171. The molecule has 0 amide bonds. The molecule has 1 aromatic rings. The van der Waals surface area contributed by atoms with E-state index in [0.29, 0.717) is 0 Å². The quantitative estimate of drug-likeness (QED) is 0.793. The summed E-state index contributed by atoms with van der Waals surface area (Å²) in [4.78, 5) is 10.8. The Morgan fingerprint density at radius 3 is 2.69 bits per heavy atom. The Labute approximate surface area is 93.2 Å². The minimum Gasteiger partial charge on any atom is -0.467 e. The van der Waals surface area contributed by atoms with Crippen molar-refractivity contribution in [1.29, 1.82) is 0 Å². The van der Waals surface area contributed by atoms with Crippen LogP contribution >= 0.6 is 0 Å². The van der Waals surface area contributed by atoms with Crippen molar-refractivity contribution in [2.24, 2.45) is 0 Å². The fourth-order valence-corrected chi connectivity index (χ4v) is 1.14. The van der Waals surface area contributed by atoms with Crippen molar-refractivity contribution in [3.63, 3.8) is 0 Å². The van der Waals surface area contributed by atoms with Crippen LogP contribution in [0.4, 0.5) is 4.39 Å². The lowest BCUT2D eigenvalue weighted by Gasteiger charge is -2.03. The highest BCUT2D eigenvalue weighted by Gasteiger charge is 2.12. The Morgan fingerprint density at radius 2 is 2.12 bits per heavy atom. The van der Waals surface area contributed by atoms with Crippen LogP contribution in [0.5, 0.6) is 0 Å². The first kappa shape index (κ1) is 12.4. The predicted molar refractivity (Wildman–Crippen MR) is 58.1 cm³/mol. The lowest BCUT2D eigenvalue weighted by atomic mass is 10.1. The maximum Gasteiger partial charge on any atom is 0.335 e. The molecular formula is C12H13FO3. The molecule has 0 radical (unpaired) electrons. The Hall–Kier alpha value is -1.68. The third-order valence-electron chi connectivity index (χ3n) is 2.01. The molecule has 0 saturated carbocycles. The van der Waals surface area contributed by atoms with Crippen molar-refractivity contribution < 1.29 is 19.0 Å². The third kappa shape index (κ3) is 3.82. The van der Waals surface area contributed by atoms with Crippen LogP contribution < -0.4 is 0 Å². The van der Waals surface area contributed by atoms with Gasteiger partial charge in [-0.15, -0.1) is 0 Å². The molecular weight excluding hydrogens is 211 g/mol. The molecule has 0 aromatic heterocycles. The minimum atomic E-state index is -1.15. The van der Waals surface area contributed by atoms with Crippen LogP contribution in [-0.4, -0.2) is 24.3 Å². The lowest BCUT2D eigenvalue weighted by Crippen LogP contribution is -2.20. The van der Waals surface area contributed by atoms with Crippen molar-refractivity contribution in [3.8, 4) is 0 Å². The molecule has 0 spiro atoms. The summed E-state index contributed by atoms with van der Waals surface area (Å²) in [5, 5.41) is 9.25. The van der Waals surface area contributed by atoms with Crippen molar-refractivity contribution in [1.82, 2.24) is 0 Å². The van der Waals surface area contributed by atoms with E-state index in [9.17, 15) is 14.3 Å². The van der Waals surface area contributed by atoms with Gasteiger partial charge in [0.05, 0.1) is 7.11 Å². The second kappa shape index (κ2) is 6.02. The van der Waals surface area contributed by atoms with Gasteiger partial charge in [-0.1, -0.05) is 24.3 Å². The van der Waals surface area contributed by atoms with E-state index in [4.69, 9.17) is 0 Å². The molecule has 1 N–H and O–H groups in total. The molecule has 0 aliphatic carbocycles. The van der Waals surface area contributed by atoms with Gasteiger partial charge in [0.25, 0.3) is 0 Å². The summed E-state index contributed by atoms with van der Waals surface area (Å²) < 4.78 is 16.9. The summed E-state index contributed by atoms with van der Waals surface area (Å²) >= 11 is 0. The van der Waals surface area contributed by atoms with Gasteiger partial charge in [-0.2, -0.15) is 0 Å². The first-order valence-electron chi connectivity index (χ1n) is 4.81. The summed E-state index contributed by atoms with van der Waals surface area (Å²) in [6.07, 6.45) is 2.35. The van der Waals surface area contributed by atoms with E-state index < -0.39 is 12.1 Å². The Kier molecular flexibility index (Phi) is 4.66. The zero-order valence-corrected chi connectivity index (χ0v) is 8.89. The van der Waals surface area contributed by atoms with E-state index in [0.717, 1.165) is 5.56 Å². The van der Waals surface area contributed by atoms with Gasteiger partial charge in [0.15, 0.2) is 6.10 Å². The fraction of sp³-hybridized carbons (Fsp3) is 0.250. The lowest BCUT2D eigenvalue weighted by molar-refractivity contribution is -0.150. The number of carbonyl (C=O) groups is 1. The number of hydrogen-bond donors (Lipinski definition) is 1. The number of aliphatic hydroxyl groups excluding tert-OH is 1. The van der Waals surface area contributed by atoms with E-state index in [-0.39, 0.29) is 12.2 Å². The largest absolute Gasteiger partial charge is 0.467 e. The smallest absolute Gasteiger partial charge is 0.335 e. The van der Waals surface area contributed by atoms with Crippen molar-refractivity contribution in [2.75, 3.05) is 7.11 Å². The van der Waals surface area contributed by atoms with E-state index >= 15 is 0 Å². The Balaban J connectivity index is 2.48. The number of aliphatic hydroxyl groups is 1. The van der Waals surface area contributed by atoms with Crippen molar-refractivity contribution in [2.45, 2.75) is 12.5 Å². The van der Waals surface area contributed by atoms with E-state index in [2.05, 4.69) is 4.74 Å². The summed E-state index contributed by atoms with van der Waals surface area (Å²) in [6, 6.07) is 5.90. The number of benzene rings is 1. The summed E-state index contributed by atoms with van der Waals surface area (Å²) in [5.74, 6) is -0.962. The van der Waals surface area contributed by atoms with Crippen LogP contribution in [0.25, 0.3) is 6.08 Å². The van der Waals surface area contributed by atoms with Gasteiger partial charge in [0.1, 0.15) is 5.82 Å². The number of rotatable bonds is 4. The first-order valence-corrected chi connectivity index (χ1v) is 4.81. The average molecular weight is 224 g/mol. The molecule has 0 saturated heterocycles. The summed E-state index contributed by atoms with van der Waals surface area (Å²) in [6.45, 7) is 0. The van der Waals surface area contributed by atoms with Gasteiger partial charge < -0.3 is 9.84 Å². The molecule has 0 fully saturated rings. The number of methoxy groups -OCH3 is 1. The zero-order valence-electron chi connectivity index (χ0n) is 8.89. The van der Waals surface area contributed by atoms with E-state index in [1.54, 1.807) is 24.3 Å². The molecule has 16 heavy (non-hydrogen) atoms. The number of carbonyl (C=O) groups excluding carboxylic acids is 1. The van der Waals surface area contributed by atoms with Gasteiger partial charge in [0.2, 0.25) is 0 Å². The number of ether oxygens (including phenoxy) is 1. The van der Waals surface area contributed by atoms with Gasteiger partial charge in [-0.25, -0.2) is 9.18 Å². The highest BCUT2D eigenvalue weighted by Crippen LogP contribution is 2.06. The molecule has 86 valence electrons. The van der Waals surface area contributed by atoms with Crippen LogP contribution in [0.1, 0.15) is 12.0 Å². The average Bonchev–Trinajstić information content (AvgIpc) is 2.30. The van der Waals surface area contributed by atoms with Crippen molar-refractivity contribution in [3.05, 3.63) is 41.7 Å². The Morgan fingerprint density at radius 1 is 1.50 bits per heavy atom. The molecule has 4 heteroatoms. The number of esters is 1. The fourth-order valence-electron chi connectivity index (χ4n) is 1.14.